The molecular formula is C23H21N5O3. The maximum Gasteiger partial charge on any atom is 0.259 e. The second-order valence-corrected chi connectivity index (χ2v) is 7.69. The van der Waals surface area contributed by atoms with E-state index in [0.29, 0.717) is 40.4 Å². The Hall–Kier alpha value is -3.94. The number of furan rings is 1. The third kappa shape index (κ3) is 3.26. The number of hydrogen-bond acceptors (Lipinski definition) is 6. The Morgan fingerprint density at radius 2 is 1.94 bits per heavy atom. The highest BCUT2D eigenvalue weighted by Crippen LogP contribution is 2.31. The van der Waals surface area contributed by atoms with Gasteiger partial charge in [0.15, 0.2) is 0 Å². The molecule has 8 nitrogen and oxygen atoms in total. The number of aromatic nitrogens is 4. The molecule has 0 radical (unpaired) electrons. The molecular weight excluding hydrogens is 394 g/mol. The summed E-state index contributed by atoms with van der Waals surface area (Å²) in [5.41, 5.74) is 4.67. The predicted octanol–water partition coefficient (Wildman–Crippen LogP) is 4.56. The van der Waals surface area contributed by atoms with Crippen LogP contribution in [-0.4, -0.2) is 38.0 Å². The van der Waals surface area contributed by atoms with Crippen LogP contribution in [0.1, 0.15) is 33.4 Å². The number of imidazole rings is 1. The van der Waals surface area contributed by atoms with Crippen LogP contribution in [0, 0.1) is 20.8 Å². The SMILES string of the molecule is Cc1cc(-c2cc(C(=O)N(C)Cc3nc4ccccc4[nH]3)c3c(C)noc3n2)c(C)o1. The van der Waals surface area contributed by atoms with Crippen molar-refractivity contribution in [2.24, 2.45) is 0 Å². The molecule has 0 fully saturated rings. The van der Waals surface area contributed by atoms with Crippen molar-refractivity contribution in [1.82, 2.24) is 25.0 Å². The number of rotatable bonds is 4. The van der Waals surface area contributed by atoms with E-state index in [1.807, 2.05) is 44.2 Å². The first-order chi connectivity index (χ1) is 14.9. The fourth-order valence-corrected chi connectivity index (χ4v) is 3.87. The van der Waals surface area contributed by atoms with Crippen LogP contribution in [0.3, 0.4) is 0 Å². The summed E-state index contributed by atoms with van der Waals surface area (Å²) in [5.74, 6) is 2.05. The van der Waals surface area contributed by atoms with Gasteiger partial charge in [0.05, 0.1) is 39.9 Å². The number of pyridine rings is 1. The largest absolute Gasteiger partial charge is 0.466 e. The van der Waals surface area contributed by atoms with E-state index in [2.05, 4.69) is 20.1 Å². The minimum absolute atomic E-state index is 0.168. The van der Waals surface area contributed by atoms with Gasteiger partial charge >= 0.3 is 0 Å². The topological polar surface area (TPSA) is 101 Å². The van der Waals surface area contributed by atoms with E-state index >= 15 is 0 Å². The van der Waals surface area contributed by atoms with Gasteiger partial charge in [0.2, 0.25) is 0 Å². The number of aryl methyl sites for hydroxylation is 3. The van der Waals surface area contributed by atoms with Crippen LogP contribution < -0.4 is 0 Å². The number of aromatic amines is 1. The van der Waals surface area contributed by atoms with Gasteiger partial charge in [-0.3, -0.25) is 4.79 Å². The molecule has 0 aliphatic heterocycles. The third-order valence-corrected chi connectivity index (χ3v) is 5.34. The zero-order valence-corrected chi connectivity index (χ0v) is 17.7. The Labute approximate surface area is 177 Å². The van der Waals surface area contributed by atoms with E-state index in [1.165, 1.54) is 0 Å². The summed E-state index contributed by atoms with van der Waals surface area (Å²) in [5, 5.41) is 4.64. The van der Waals surface area contributed by atoms with E-state index < -0.39 is 0 Å². The van der Waals surface area contributed by atoms with E-state index in [-0.39, 0.29) is 5.91 Å². The summed E-state index contributed by atoms with van der Waals surface area (Å²) < 4.78 is 11.1. The molecule has 4 aromatic heterocycles. The standard InChI is InChI=1S/C23H21N5O3/c1-12-9-15(14(3)30-12)19-10-16(21-13(2)27-31-22(21)26-19)23(29)28(4)11-20-24-17-7-5-6-8-18(17)25-20/h5-10H,11H2,1-4H3,(H,24,25). The number of H-pyrrole nitrogens is 1. The summed E-state index contributed by atoms with van der Waals surface area (Å²) in [4.78, 5) is 27.5. The van der Waals surface area contributed by atoms with E-state index in [1.54, 1.807) is 24.9 Å². The summed E-state index contributed by atoms with van der Waals surface area (Å²) in [6.07, 6.45) is 0. The maximum absolute atomic E-state index is 13.5. The van der Waals surface area contributed by atoms with Gasteiger partial charge in [-0.05, 0) is 45.0 Å². The molecule has 4 heterocycles. The zero-order chi connectivity index (χ0) is 21.7. The number of para-hydroxylation sites is 2. The molecule has 1 aromatic carbocycles. The summed E-state index contributed by atoms with van der Waals surface area (Å²) in [6, 6.07) is 11.5. The molecule has 0 saturated heterocycles. The van der Waals surface area contributed by atoms with Gasteiger partial charge in [0.25, 0.3) is 11.6 Å². The molecule has 0 aliphatic rings. The molecule has 8 heteroatoms. The minimum atomic E-state index is -0.168. The fourth-order valence-electron chi connectivity index (χ4n) is 3.87. The zero-order valence-electron chi connectivity index (χ0n) is 17.7. The lowest BCUT2D eigenvalue weighted by Gasteiger charge is -2.16. The Kier molecular flexibility index (Phi) is 4.35. The average Bonchev–Trinajstić information content (AvgIpc) is 3.42. The summed E-state index contributed by atoms with van der Waals surface area (Å²) in [6.45, 7) is 5.88. The molecule has 0 bridgehead atoms. The van der Waals surface area contributed by atoms with Gasteiger partial charge in [-0.15, -0.1) is 0 Å². The van der Waals surface area contributed by atoms with Crippen molar-refractivity contribution in [1.29, 1.82) is 0 Å². The number of fused-ring (bicyclic) bond motifs is 2. The minimum Gasteiger partial charge on any atom is -0.466 e. The number of nitrogens with zero attached hydrogens (tertiary/aromatic N) is 4. The van der Waals surface area contributed by atoms with E-state index in [0.717, 1.165) is 28.1 Å². The van der Waals surface area contributed by atoms with E-state index in [4.69, 9.17) is 8.94 Å². The van der Waals surface area contributed by atoms with Crippen molar-refractivity contribution in [2.45, 2.75) is 27.3 Å². The first-order valence-corrected chi connectivity index (χ1v) is 9.94. The summed E-state index contributed by atoms with van der Waals surface area (Å²) >= 11 is 0. The van der Waals surface area contributed by atoms with Crippen LogP contribution in [-0.2, 0) is 6.54 Å². The number of benzene rings is 1. The van der Waals surface area contributed by atoms with Crippen molar-refractivity contribution < 1.29 is 13.7 Å². The van der Waals surface area contributed by atoms with E-state index in [9.17, 15) is 4.79 Å². The van der Waals surface area contributed by atoms with Gasteiger partial charge in [-0.2, -0.15) is 0 Å². The molecule has 1 amide bonds. The molecule has 156 valence electrons. The van der Waals surface area contributed by atoms with Crippen LogP contribution in [0.4, 0.5) is 0 Å². The molecule has 0 saturated carbocycles. The van der Waals surface area contributed by atoms with Gasteiger partial charge in [-0.1, -0.05) is 17.3 Å². The lowest BCUT2D eigenvalue weighted by atomic mass is 10.0. The molecule has 5 rings (SSSR count). The average molecular weight is 415 g/mol. The Balaban J connectivity index is 1.55. The Morgan fingerprint density at radius 1 is 1.13 bits per heavy atom. The van der Waals surface area contributed by atoms with Crippen LogP contribution in [0.15, 0.2) is 45.3 Å². The van der Waals surface area contributed by atoms with Crippen molar-refractivity contribution >= 4 is 28.0 Å². The fraction of sp³-hybridized carbons (Fsp3) is 0.217. The van der Waals surface area contributed by atoms with Crippen LogP contribution in [0.25, 0.3) is 33.4 Å². The van der Waals surface area contributed by atoms with Crippen molar-refractivity contribution in [3.63, 3.8) is 0 Å². The molecule has 5 aromatic rings. The molecule has 1 N–H and O–H groups in total. The second-order valence-electron chi connectivity index (χ2n) is 7.69. The number of nitrogens with one attached hydrogen (secondary N) is 1. The highest BCUT2D eigenvalue weighted by atomic mass is 16.5. The lowest BCUT2D eigenvalue weighted by Crippen LogP contribution is -2.27. The molecule has 0 spiro atoms. The highest BCUT2D eigenvalue weighted by molar-refractivity contribution is 6.06. The predicted molar refractivity (Wildman–Crippen MR) is 116 cm³/mol. The number of carbonyl (C=O) groups excluding carboxylic acids is 1. The third-order valence-electron chi connectivity index (χ3n) is 5.34. The number of hydrogen-bond donors (Lipinski definition) is 1. The van der Waals surface area contributed by atoms with Crippen molar-refractivity contribution in [3.05, 3.63) is 65.0 Å². The van der Waals surface area contributed by atoms with Gasteiger partial charge in [0.1, 0.15) is 17.3 Å². The first-order valence-electron chi connectivity index (χ1n) is 9.94. The number of amides is 1. The Morgan fingerprint density at radius 3 is 2.68 bits per heavy atom. The molecule has 0 unspecified atom stereocenters. The van der Waals surface area contributed by atoms with Crippen molar-refractivity contribution in [3.8, 4) is 11.3 Å². The quantitative estimate of drug-likeness (QED) is 0.462. The maximum atomic E-state index is 13.5. The monoisotopic (exact) mass is 415 g/mol. The van der Waals surface area contributed by atoms with Crippen LogP contribution >= 0.6 is 0 Å². The van der Waals surface area contributed by atoms with Gasteiger partial charge in [-0.25, -0.2) is 9.97 Å². The normalized spacial score (nSPS) is 11.5. The lowest BCUT2D eigenvalue weighted by molar-refractivity contribution is 0.0784. The second kappa shape index (κ2) is 7.09. The molecule has 31 heavy (non-hydrogen) atoms. The first kappa shape index (κ1) is 19.0. The van der Waals surface area contributed by atoms with Gasteiger partial charge in [0, 0.05) is 12.6 Å². The summed E-state index contributed by atoms with van der Waals surface area (Å²) in [7, 11) is 1.75. The van der Waals surface area contributed by atoms with Crippen LogP contribution in [0.5, 0.6) is 0 Å². The Bertz CT molecular complexity index is 1410. The molecule has 0 atom stereocenters. The van der Waals surface area contributed by atoms with Crippen molar-refractivity contribution in [2.75, 3.05) is 7.05 Å². The smallest absolute Gasteiger partial charge is 0.259 e. The highest BCUT2D eigenvalue weighted by Gasteiger charge is 2.23. The molecule has 0 aliphatic carbocycles. The van der Waals surface area contributed by atoms with Gasteiger partial charge < -0.3 is 18.8 Å². The number of carbonyl (C=O) groups is 1. The van der Waals surface area contributed by atoms with Crippen LogP contribution in [0.2, 0.25) is 0 Å².